The van der Waals surface area contributed by atoms with E-state index in [2.05, 4.69) is 23.9 Å². The molecule has 1 saturated heterocycles. The smallest absolute Gasteiger partial charge is 0.274 e. The molecular weight excluding hydrogens is 485 g/mol. The van der Waals surface area contributed by atoms with Crippen LogP contribution in [0.5, 0.6) is 0 Å². The minimum atomic E-state index is -0.964. The fourth-order valence-corrected chi connectivity index (χ4v) is 5.74. The molecule has 0 bridgehead atoms. The molecule has 5 rings (SSSR count). The Morgan fingerprint density at radius 3 is 2.45 bits per heavy atom. The normalized spacial score (nSPS) is 19.8. The number of hydrogen-bond donors (Lipinski definition) is 1. The van der Waals surface area contributed by atoms with E-state index < -0.39 is 6.10 Å². The van der Waals surface area contributed by atoms with E-state index in [1.165, 1.54) is 18.6 Å². The molecule has 1 aromatic carbocycles. The predicted molar refractivity (Wildman–Crippen MR) is 142 cm³/mol. The van der Waals surface area contributed by atoms with E-state index in [9.17, 15) is 19.1 Å². The number of carbonyl (C=O) groups is 2. The van der Waals surface area contributed by atoms with Gasteiger partial charge < -0.3 is 14.9 Å². The standard InChI is InChI=1S/C29H36FN5O3/c1-18(2)23-15-24(20-9-11-22(30)12-10-20)32-35-17-25(31-27(23)35)28(37)33-13-14-34(19(3)16-33)29(38)26(36)21-7-5-4-6-8-21/h9-12,15,17-19,21,26,36H,4-8,13-14,16H2,1-3H3/t19-,26+/m0/s1. The fraction of sp³-hybridized carbons (Fsp3) is 0.517. The number of halogens is 1. The molecule has 1 aliphatic carbocycles. The van der Waals surface area contributed by atoms with Crippen molar-refractivity contribution in [2.75, 3.05) is 19.6 Å². The average Bonchev–Trinajstić information content (AvgIpc) is 3.36. The molecule has 0 spiro atoms. The summed E-state index contributed by atoms with van der Waals surface area (Å²) in [6, 6.07) is 7.91. The van der Waals surface area contributed by atoms with Crippen LogP contribution in [-0.4, -0.2) is 73.1 Å². The number of aromatic nitrogens is 3. The quantitative estimate of drug-likeness (QED) is 0.542. The van der Waals surface area contributed by atoms with Crippen LogP contribution in [0.25, 0.3) is 16.9 Å². The van der Waals surface area contributed by atoms with E-state index in [1.54, 1.807) is 32.6 Å². The average molecular weight is 522 g/mol. The highest BCUT2D eigenvalue weighted by molar-refractivity contribution is 5.93. The van der Waals surface area contributed by atoms with Crippen LogP contribution in [0, 0.1) is 11.7 Å². The Hall–Kier alpha value is -3.33. The van der Waals surface area contributed by atoms with Crippen molar-refractivity contribution in [3.63, 3.8) is 0 Å². The van der Waals surface area contributed by atoms with Crippen LogP contribution in [-0.2, 0) is 4.79 Å². The van der Waals surface area contributed by atoms with Gasteiger partial charge in [0.15, 0.2) is 5.65 Å². The van der Waals surface area contributed by atoms with Crippen LogP contribution in [0.3, 0.4) is 0 Å². The monoisotopic (exact) mass is 521 g/mol. The molecule has 2 atom stereocenters. The van der Waals surface area contributed by atoms with Gasteiger partial charge in [0, 0.05) is 36.8 Å². The Balaban J connectivity index is 1.33. The number of aliphatic hydroxyl groups excluding tert-OH is 1. The van der Waals surface area contributed by atoms with Crippen molar-refractivity contribution in [2.45, 2.75) is 70.9 Å². The maximum absolute atomic E-state index is 13.5. The third kappa shape index (κ3) is 5.16. The first-order valence-corrected chi connectivity index (χ1v) is 13.7. The van der Waals surface area contributed by atoms with Crippen LogP contribution in [0.2, 0.25) is 0 Å². The van der Waals surface area contributed by atoms with Gasteiger partial charge in [-0.15, -0.1) is 0 Å². The highest BCUT2D eigenvalue weighted by Crippen LogP contribution is 2.29. The molecule has 1 aliphatic heterocycles. The van der Waals surface area contributed by atoms with Crippen molar-refractivity contribution in [3.8, 4) is 11.3 Å². The molecule has 2 aliphatic rings. The van der Waals surface area contributed by atoms with Gasteiger partial charge >= 0.3 is 0 Å². The molecule has 3 heterocycles. The molecule has 9 heteroatoms. The zero-order valence-electron chi connectivity index (χ0n) is 22.3. The molecule has 2 amide bonds. The Morgan fingerprint density at radius 1 is 1.08 bits per heavy atom. The first kappa shape index (κ1) is 26.3. The molecular formula is C29H36FN5O3. The van der Waals surface area contributed by atoms with Gasteiger partial charge in [-0.05, 0) is 61.9 Å². The summed E-state index contributed by atoms with van der Waals surface area (Å²) in [5.74, 6) is -0.573. The van der Waals surface area contributed by atoms with Crippen LogP contribution in [0.1, 0.15) is 74.8 Å². The molecule has 0 radical (unpaired) electrons. The molecule has 202 valence electrons. The van der Waals surface area contributed by atoms with Crippen molar-refractivity contribution in [1.82, 2.24) is 24.4 Å². The summed E-state index contributed by atoms with van der Waals surface area (Å²) in [6.07, 6.45) is 5.75. The number of nitrogens with zero attached hydrogens (tertiary/aromatic N) is 5. The summed E-state index contributed by atoms with van der Waals surface area (Å²) < 4.78 is 15.1. The molecule has 0 unspecified atom stereocenters. The van der Waals surface area contributed by atoms with Crippen molar-refractivity contribution in [2.24, 2.45) is 5.92 Å². The van der Waals surface area contributed by atoms with Gasteiger partial charge in [0.1, 0.15) is 17.6 Å². The summed E-state index contributed by atoms with van der Waals surface area (Å²) in [7, 11) is 0. The third-order valence-corrected chi connectivity index (χ3v) is 7.98. The topological polar surface area (TPSA) is 91.0 Å². The number of hydrogen-bond acceptors (Lipinski definition) is 5. The van der Waals surface area contributed by atoms with Gasteiger partial charge in [-0.2, -0.15) is 5.10 Å². The van der Waals surface area contributed by atoms with Crippen LogP contribution >= 0.6 is 0 Å². The van der Waals surface area contributed by atoms with Gasteiger partial charge in [-0.1, -0.05) is 33.1 Å². The maximum atomic E-state index is 13.5. The maximum Gasteiger partial charge on any atom is 0.274 e. The molecule has 1 saturated carbocycles. The van der Waals surface area contributed by atoms with Crippen LogP contribution in [0.15, 0.2) is 36.5 Å². The Bertz CT molecular complexity index is 1320. The SMILES string of the molecule is CC(C)c1cc(-c2ccc(F)cc2)nn2cc(C(=O)N3CCN(C(=O)[C@H](O)C4CCCCC4)[C@@H](C)C3)nc12. The highest BCUT2D eigenvalue weighted by Gasteiger charge is 2.36. The molecule has 2 aromatic heterocycles. The van der Waals surface area contributed by atoms with Gasteiger partial charge in [0.05, 0.1) is 11.9 Å². The van der Waals surface area contributed by atoms with Gasteiger partial charge in [-0.25, -0.2) is 13.9 Å². The second kappa shape index (κ2) is 10.8. The van der Waals surface area contributed by atoms with Gasteiger partial charge in [0.2, 0.25) is 0 Å². The summed E-state index contributed by atoms with van der Waals surface area (Å²) in [4.78, 5) is 34.6. The Kier molecular flexibility index (Phi) is 7.47. The molecule has 38 heavy (non-hydrogen) atoms. The molecule has 2 fully saturated rings. The second-order valence-electron chi connectivity index (χ2n) is 11.0. The Morgan fingerprint density at radius 2 is 1.79 bits per heavy atom. The lowest BCUT2D eigenvalue weighted by Crippen LogP contribution is -2.58. The molecule has 1 N–H and O–H groups in total. The fourth-order valence-electron chi connectivity index (χ4n) is 5.74. The third-order valence-electron chi connectivity index (χ3n) is 7.98. The lowest BCUT2D eigenvalue weighted by Gasteiger charge is -2.41. The number of aliphatic hydroxyl groups is 1. The number of benzene rings is 1. The second-order valence-corrected chi connectivity index (χ2v) is 11.0. The van der Waals surface area contributed by atoms with E-state index in [1.807, 2.05) is 13.0 Å². The van der Waals surface area contributed by atoms with Crippen molar-refractivity contribution < 1.29 is 19.1 Å². The first-order valence-electron chi connectivity index (χ1n) is 13.7. The van der Waals surface area contributed by atoms with E-state index >= 15 is 0 Å². The zero-order chi connectivity index (χ0) is 27.0. The van der Waals surface area contributed by atoms with E-state index in [0.717, 1.165) is 36.8 Å². The number of piperazine rings is 1. The Labute approximate surface area is 222 Å². The summed E-state index contributed by atoms with van der Waals surface area (Å²) >= 11 is 0. The van der Waals surface area contributed by atoms with Crippen LogP contribution < -0.4 is 0 Å². The number of fused-ring (bicyclic) bond motifs is 1. The summed E-state index contributed by atoms with van der Waals surface area (Å²) in [6.45, 7) is 7.17. The minimum Gasteiger partial charge on any atom is -0.383 e. The van der Waals surface area contributed by atoms with Crippen molar-refractivity contribution in [3.05, 3.63) is 53.6 Å². The summed E-state index contributed by atoms with van der Waals surface area (Å²) in [5.41, 5.74) is 3.31. The van der Waals surface area contributed by atoms with Gasteiger partial charge in [0.25, 0.3) is 11.8 Å². The van der Waals surface area contributed by atoms with E-state index in [0.29, 0.717) is 36.7 Å². The lowest BCUT2D eigenvalue weighted by molar-refractivity contribution is -0.148. The van der Waals surface area contributed by atoms with Crippen molar-refractivity contribution >= 4 is 17.5 Å². The predicted octanol–water partition coefficient (Wildman–Crippen LogP) is 4.27. The van der Waals surface area contributed by atoms with Gasteiger partial charge in [-0.3, -0.25) is 9.59 Å². The number of rotatable bonds is 5. The van der Waals surface area contributed by atoms with E-state index in [-0.39, 0.29) is 35.5 Å². The summed E-state index contributed by atoms with van der Waals surface area (Å²) in [5, 5.41) is 15.4. The minimum absolute atomic E-state index is 0.0311. The lowest BCUT2D eigenvalue weighted by atomic mass is 9.84. The first-order chi connectivity index (χ1) is 18.2. The number of imidazole rings is 1. The zero-order valence-corrected chi connectivity index (χ0v) is 22.3. The molecule has 3 aromatic rings. The highest BCUT2D eigenvalue weighted by atomic mass is 19.1. The number of carbonyl (C=O) groups excluding carboxylic acids is 2. The largest absolute Gasteiger partial charge is 0.383 e. The van der Waals surface area contributed by atoms with Crippen LogP contribution in [0.4, 0.5) is 4.39 Å². The van der Waals surface area contributed by atoms with E-state index in [4.69, 9.17) is 0 Å². The number of amides is 2. The molecule has 8 nitrogen and oxygen atoms in total. The van der Waals surface area contributed by atoms with Crippen molar-refractivity contribution in [1.29, 1.82) is 0 Å².